The average molecular weight is 298 g/mol. The Balaban J connectivity index is 2.38. The third kappa shape index (κ3) is 3.01. The molecule has 0 saturated carbocycles. The van der Waals surface area contributed by atoms with E-state index in [0.29, 0.717) is 15.7 Å². The molecule has 2 aromatic rings. The molecule has 0 amide bonds. The average Bonchev–Trinajstić information content (AvgIpc) is 2.30. The van der Waals surface area contributed by atoms with Crippen molar-refractivity contribution in [3.63, 3.8) is 0 Å². The Labute approximate surface area is 118 Å². The van der Waals surface area contributed by atoms with Crippen molar-refractivity contribution >= 4 is 52.2 Å². The van der Waals surface area contributed by atoms with Crippen LogP contribution in [-0.4, -0.2) is 9.97 Å². The number of nitrogens with two attached hydrogens (primary N) is 3. The number of azo groups is 1. The molecule has 0 spiro atoms. The molecule has 0 radical (unpaired) electrons. The van der Waals surface area contributed by atoms with E-state index in [9.17, 15) is 0 Å². The molecule has 19 heavy (non-hydrogen) atoms. The Morgan fingerprint density at radius 1 is 0.947 bits per heavy atom. The van der Waals surface area contributed by atoms with Crippen molar-refractivity contribution in [1.82, 2.24) is 9.97 Å². The lowest BCUT2D eigenvalue weighted by molar-refractivity contribution is 1.15. The molecule has 6 N–H and O–H groups in total. The van der Waals surface area contributed by atoms with E-state index in [4.69, 9.17) is 40.4 Å². The fraction of sp³-hybridized carbons (Fsp3) is 0. The molecule has 0 atom stereocenters. The maximum absolute atomic E-state index is 5.95. The second-order valence-electron chi connectivity index (χ2n) is 3.50. The van der Waals surface area contributed by atoms with Crippen molar-refractivity contribution < 1.29 is 0 Å². The van der Waals surface area contributed by atoms with Gasteiger partial charge in [-0.25, -0.2) is 0 Å². The molecule has 0 saturated heterocycles. The Morgan fingerprint density at radius 2 is 1.58 bits per heavy atom. The third-order valence-corrected chi connectivity index (χ3v) is 2.66. The molecule has 9 heteroatoms. The van der Waals surface area contributed by atoms with Gasteiger partial charge in [-0.3, -0.25) is 0 Å². The molecule has 98 valence electrons. The molecule has 1 aromatic carbocycles. The summed E-state index contributed by atoms with van der Waals surface area (Å²) in [6.45, 7) is 0. The second-order valence-corrected chi connectivity index (χ2v) is 4.34. The molecule has 0 fully saturated rings. The van der Waals surface area contributed by atoms with Crippen molar-refractivity contribution in [2.24, 2.45) is 10.2 Å². The van der Waals surface area contributed by atoms with E-state index < -0.39 is 0 Å². The summed E-state index contributed by atoms with van der Waals surface area (Å²) in [6, 6.07) is 4.79. The summed E-state index contributed by atoms with van der Waals surface area (Å²) in [4.78, 5) is 7.48. The summed E-state index contributed by atoms with van der Waals surface area (Å²) in [5, 5.41) is 8.65. The van der Waals surface area contributed by atoms with Crippen LogP contribution >= 0.6 is 23.2 Å². The van der Waals surface area contributed by atoms with Crippen LogP contribution in [0.25, 0.3) is 0 Å². The maximum Gasteiger partial charge on any atom is 0.224 e. The van der Waals surface area contributed by atoms with Crippen LogP contribution in [0.3, 0.4) is 0 Å². The van der Waals surface area contributed by atoms with E-state index in [1.54, 1.807) is 18.2 Å². The number of anilines is 3. The summed E-state index contributed by atoms with van der Waals surface area (Å²) in [5.74, 6) is 0.0520. The van der Waals surface area contributed by atoms with Gasteiger partial charge in [-0.05, 0) is 18.2 Å². The molecule has 0 aliphatic heterocycles. The largest absolute Gasteiger partial charge is 0.382 e. The van der Waals surface area contributed by atoms with E-state index in [1.807, 2.05) is 0 Å². The number of rotatable bonds is 2. The molecule has 0 aliphatic carbocycles. The maximum atomic E-state index is 5.95. The summed E-state index contributed by atoms with van der Waals surface area (Å²) in [6.07, 6.45) is 0. The van der Waals surface area contributed by atoms with E-state index >= 15 is 0 Å². The van der Waals surface area contributed by atoms with Crippen molar-refractivity contribution in [1.29, 1.82) is 0 Å². The monoisotopic (exact) mass is 297 g/mol. The highest BCUT2D eigenvalue weighted by atomic mass is 35.5. The van der Waals surface area contributed by atoms with Crippen LogP contribution in [0.1, 0.15) is 0 Å². The third-order valence-electron chi connectivity index (χ3n) is 2.12. The predicted octanol–water partition coefficient (Wildman–Crippen LogP) is 2.95. The number of nitrogen functional groups attached to an aromatic ring is 3. The van der Waals surface area contributed by atoms with Crippen LogP contribution in [0.5, 0.6) is 0 Å². The minimum Gasteiger partial charge on any atom is -0.382 e. The number of nitrogens with zero attached hydrogens (tertiary/aromatic N) is 4. The van der Waals surface area contributed by atoms with Crippen molar-refractivity contribution in [3.8, 4) is 0 Å². The molecule has 1 aromatic heterocycles. The van der Waals surface area contributed by atoms with Crippen LogP contribution in [0.15, 0.2) is 28.4 Å². The predicted molar refractivity (Wildman–Crippen MR) is 75.9 cm³/mol. The Kier molecular flexibility index (Phi) is 3.68. The zero-order chi connectivity index (χ0) is 14.0. The zero-order valence-corrected chi connectivity index (χ0v) is 11.0. The van der Waals surface area contributed by atoms with Crippen molar-refractivity contribution in [2.75, 3.05) is 17.2 Å². The fourth-order valence-corrected chi connectivity index (χ4v) is 1.72. The van der Waals surface area contributed by atoms with Gasteiger partial charge < -0.3 is 17.2 Å². The van der Waals surface area contributed by atoms with E-state index in [0.717, 1.165) is 0 Å². The van der Waals surface area contributed by atoms with E-state index in [2.05, 4.69) is 20.2 Å². The summed E-state index contributed by atoms with van der Waals surface area (Å²) in [7, 11) is 0. The van der Waals surface area contributed by atoms with Gasteiger partial charge in [0.05, 0.1) is 5.02 Å². The van der Waals surface area contributed by atoms with Gasteiger partial charge in [0.25, 0.3) is 0 Å². The van der Waals surface area contributed by atoms with Crippen LogP contribution in [0.4, 0.5) is 29.0 Å². The van der Waals surface area contributed by atoms with Gasteiger partial charge in [0, 0.05) is 5.02 Å². The molecular weight excluding hydrogens is 289 g/mol. The zero-order valence-electron chi connectivity index (χ0n) is 9.51. The smallest absolute Gasteiger partial charge is 0.224 e. The van der Waals surface area contributed by atoms with Crippen LogP contribution in [-0.2, 0) is 0 Å². The molecule has 7 nitrogen and oxygen atoms in total. The highest BCUT2D eigenvalue weighted by molar-refractivity contribution is 6.36. The molecule has 0 unspecified atom stereocenters. The molecule has 1 heterocycles. The number of hydrogen-bond donors (Lipinski definition) is 3. The Bertz CT molecular complexity index is 633. The first-order chi connectivity index (χ1) is 8.97. The highest BCUT2D eigenvalue weighted by Crippen LogP contribution is 2.32. The first-order valence-corrected chi connectivity index (χ1v) is 5.78. The van der Waals surface area contributed by atoms with Gasteiger partial charge in [0.15, 0.2) is 17.3 Å². The van der Waals surface area contributed by atoms with Gasteiger partial charge >= 0.3 is 0 Å². The van der Waals surface area contributed by atoms with Crippen LogP contribution in [0.2, 0.25) is 10.0 Å². The van der Waals surface area contributed by atoms with Gasteiger partial charge in [-0.15, -0.1) is 10.2 Å². The Morgan fingerprint density at radius 3 is 2.16 bits per heavy atom. The van der Waals surface area contributed by atoms with E-state index in [1.165, 1.54) is 0 Å². The SMILES string of the molecule is Nc1nc(N)c(N=Nc2ccc(Cl)cc2Cl)c(N)n1. The van der Waals surface area contributed by atoms with E-state index in [-0.39, 0.29) is 23.3 Å². The summed E-state index contributed by atoms with van der Waals surface area (Å²) >= 11 is 11.7. The van der Waals surface area contributed by atoms with Gasteiger partial charge in [0.1, 0.15) is 5.69 Å². The minimum atomic E-state index is -0.0292. The van der Waals surface area contributed by atoms with Crippen LogP contribution in [0, 0.1) is 0 Å². The van der Waals surface area contributed by atoms with Gasteiger partial charge in [-0.2, -0.15) is 9.97 Å². The first-order valence-electron chi connectivity index (χ1n) is 5.02. The molecule has 2 rings (SSSR count). The molecule has 0 aliphatic rings. The number of hydrogen-bond acceptors (Lipinski definition) is 7. The highest BCUT2D eigenvalue weighted by Gasteiger charge is 2.08. The first kappa shape index (κ1) is 13.3. The van der Waals surface area contributed by atoms with Gasteiger partial charge in [0.2, 0.25) is 5.95 Å². The van der Waals surface area contributed by atoms with Crippen molar-refractivity contribution in [2.45, 2.75) is 0 Å². The van der Waals surface area contributed by atoms with Crippen LogP contribution < -0.4 is 17.2 Å². The Hall–Kier alpha value is -2.12. The minimum absolute atomic E-state index is 0.0292. The lowest BCUT2D eigenvalue weighted by Gasteiger charge is -2.03. The standard InChI is InChI=1S/C10H9Cl2N7/c11-4-1-2-6(5(12)3-4)18-19-7-8(13)16-10(15)17-9(7)14/h1-3H,(H6,13,14,15,16,17). The topological polar surface area (TPSA) is 129 Å². The molecule has 0 bridgehead atoms. The lowest BCUT2D eigenvalue weighted by atomic mass is 10.3. The fourth-order valence-electron chi connectivity index (χ4n) is 1.28. The number of benzene rings is 1. The van der Waals surface area contributed by atoms with Crippen molar-refractivity contribution in [3.05, 3.63) is 28.2 Å². The summed E-state index contributed by atoms with van der Waals surface area (Å²) in [5.41, 5.74) is 17.2. The lowest BCUT2D eigenvalue weighted by Crippen LogP contribution is -2.03. The number of halogens is 2. The second kappa shape index (κ2) is 5.25. The quantitative estimate of drug-likeness (QED) is 0.734. The normalized spacial score (nSPS) is 11.1. The molecular formula is C10H9Cl2N7. The summed E-state index contributed by atoms with van der Waals surface area (Å²) < 4.78 is 0. The number of aromatic nitrogens is 2. The van der Waals surface area contributed by atoms with Gasteiger partial charge in [-0.1, -0.05) is 23.2 Å².